The molecule has 182 valence electrons. The van der Waals surface area contributed by atoms with Crippen molar-refractivity contribution in [2.24, 2.45) is 10.8 Å². The molecule has 0 unspecified atom stereocenters. The Morgan fingerprint density at radius 1 is 1.00 bits per heavy atom. The van der Waals surface area contributed by atoms with Crippen molar-refractivity contribution in [2.45, 2.75) is 41.2 Å². The van der Waals surface area contributed by atoms with Crippen molar-refractivity contribution in [3.63, 3.8) is 0 Å². The molecule has 0 bridgehead atoms. The molecule has 1 N–H and O–H groups in total. The van der Waals surface area contributed by atoms with Crippen LogP contribution in [0.2, 0.25) is 0 Å². The number of allylic oxidation sites excluding steroid dienone is 1. The van der Waals surface area contributed by atoms with E-state index < -0.39 is 33.9 Å². The van der Waals surface area contributed by atoms with Crippen LogP contribution in [0.5, 0.6) is 5.75 Å². The molecule has 1 saturated carbocycles. The van der Waals surface area contributed by atoms with Gasteiger partial charge in [0.2, 0.25) is 0 Å². The molecule has 2 aromatic carbocycles. The molecule has 1 aromatic heterocycles. The third kappa shape index (κ3) is 3.72. The van der Waals surface area contributed by atoms with Crippen LogP contribution in [0.1, 0.15) is 44.4 Å². The molecule has 1 fully saturated rings. The van der Waals surface area contributed by atoms with Crippen molar-refractivity contribution in [3.05, 3.63) is 68.3 Å². The monoisotopic (exact) mass is 493 g/mol. The third-order valence-corrected chi connectivity index (χ3v) is 7.72. The predicted octanol–water partition coefficient (Wildman–Crippen LogP) is 4.47. The summed E-state index contributed by atoms with van der Waals surface area (Å²) in [5.74, 6) is -1.69. The quantitative estimate of drug-likeness (QED) is 0.249. The Bertz CT molecular complexity index is 1470. The van der Waals surface area contributed by atoms with E-state index in [0.29, 0.717) is 21.5 Å². The van der Waals surface area contributed by atoms with Gasteiger partial charge in [0.1, 0.15) is 17.1 Å². The fraction of sp³-hybridized carbons (Fsp3) is 0.333. The first kappa shape index (κ1) is 24.6. The maximum Gasteiger partial charge on any atom is 0.308 e. The number of hydrogen-bond donors (Lipinski definition) is 1. The van der Waals surface area contributed by atoms with Gasteiger partial charge in [0.25, 0.3) is 0 Å². The Morgan fingerprint density at radius 2 is 1.63 bits per heavy atom. The molecule has 0 aliphatic heterocycles. The highest BCUT2D eigenvalue weighted by Gasteiger charge is 2.56. The largest absolute Gasteiger partial charge is 0.506 e. The summed E-state index contributed by atoms with van der Waals surface area (Å²) in [7, 11) is 1.57. The maximum atomic E-state index is 13.2. The molecule has 35 heavy (non-hydrogen) atoms. The zero-order valence-electron chi connectivity index (χ0n) is 20.5. The summed E-state index contributed by atoms with van der Waals surface area (Å²) in [6.45, 7) is 7.91. The lowest BCUT2D eigenvalue weighted by Crippen LogP contribution is -2.54. The first-order chi connectivity index (χ1) is 16.3. The number of aryl methyl sites for hydroxylation is 1. The number of rotatable bonds is 4. The number of carbonyl (C=O) groups excluding carboxylic acids is 3. The summed E-state index contributed by atoms with van der Waals surface area (Å²) in [5.41, 5.74) is -0.977. The van der Waals surface area contributed by atoms with Crippen molar-refractivity contribution >= 4 is 44.7 Å². The number of aromatic nitrogens is 1. The topological polar surface area (TPSA) is 103 Å². The first-order valence-electron chi connectivity index (χ1n) is 11.2. The van der Waals surface area contributed by atoms with E-state index in [-0.39, 0.29) is 22.6 Å². The molecule has 0 saturated heterocycles. The molecule has 0 radical (unpaired) electrons. The second-order valence-corrected chi connectivity index (χ2v) is 10.8. The van der Waals surface area contributed by atoms with E-state index >= 15 is 0 Å². The first-order valence-corrected chi connectivity index (χ1v) is 12.0. The molecular weight excluding hydrogens is 466 g/mol. The fourth-order valence-corrected chi connectivity index (χ4v) is 5.70. The Balaban J connectivity index is 1.91. The van der Waals surface area contributed by atoms with Gasteiger partial charge in [-0.25, -0.2) is 0 Å². The van der Waals surface area contributed by atoms with Gasteiger partial charge >= 0.3 is 4.87 Å². The number of Topliss-reactive ketones (excluding diaryl/α,β-unsaturated/α-hetero) is 3. The summed E-state index contributed by atoms with van der Waals surface area (Å²) >= 11 is 1.08. The third-order valence-electron chi connectivity index (χ3n) is 6.77. The lowest BCUT2D eigenvalue weighted by Gasteiger charge is -2.37. The van der Waals surface area contributed by atoms with E-state index in [1.54, 1.807) is 30.7 Å². The lowest BCUT2D eigenvalue weighted by atomic mass is 9.60. The van der Waals surface area contributed by atoms with Crippen LogP contribution < -0.4 is 9.61 Å². The predicted molar refractivity (Wildman–Crippen MR) is 135 cm³/mol. The van der Waals surface area contributed by atoms with E-state index in [0.717, 1.165) is 16.9 Å². The normalized spacial score (nSPS) is 17.2. The molecule has 4 rings (SSSR count). The molecule has 7 nitrogen and oxygen atoms in total. The summed E-state index contributed by atoms with van der Waals surface area (Å²) in [6, 6.07) is 10.7. The zero-order valence-corrected chi connectivity index (χ0v) is 21.3. The average Bonchev–Trinajstić information content (AvgIpc) is 3.13. The lowest BCUT2D eigenvalue weighted by molar-refractivity contribution is -0.151. The van der Waals surface area contributed by atoms with Crippen molar-refractivity contribution in [1.29, 1.82) is 0 Å². The fourth-order valence-electron chi connectivity index (χ4n) is 4.75. The van der Waals surface area contributed by atoms with Crippen molar-refractivity contribution in [3.8, 4) is 5.75 Å². The number of aliphatic hydroxyl groups excluding tert-OH is 1. The number of ketones is 3. The van der Waals surface area contributed by atoms with E-state index in [2.05, 4.69) is 0 Å². The standard InChI is InChI=1S/C27H27NO6S/c1-14-17(21(29)19-22(30)26(2,3)24(32)27(4,5)23(19)31)10-11-18-20(14)28(25(33)35-18)13-15-8-7-9-16(12-15)34-6/h7-12,29H,13H2,1-6H3. The summed E-state index contributed by atoms with van der Waals surface area (Å²) < 4.78 is 7.60. The number of methoxy groups -OCH3 is 1. The second-order valence-electron chi connectivity index (χ2n) is 9.85. The molecule has 0 spiro atoms. The van der Waals surface area contributed by atoms with Gasteiger partial charge in [0.05, 0.1) is 34.7 Å². The molecule has 8 heteroatoms. The number of nitrogens with zero attached hydrogens (tertiary/aromatic N) is 1. The van der Waals surface area contributed by atoms with Crippen LogP contribution in [-0.2, 0) is 20.9 Å². The number of fused-ring (bicyclic) bond motifs is 1. The molecule has 1 heterocycles. The SMILES string of the molecule is COc1cccc(Cn2c(=O)sc3ccc(C(O)=C4C(=O)C(C)(C)C(=O)C(C)(C)C4=O)c(C)c32)c1. The Morgan fingerprint density at radius 3 is 2.23 bits per heavy atom. The molecule has 1 aliphatic rings. The van der Waals surface area contributed by atoms with Gasteiger partial charge in [-0.15, -0.1) is 0 Å². The number of thiazole rings is 1. The van der Waals surface area contributed by atoms with Crippen molar-refractivity contribution in [1.82, 2.24) is 4.57 Å². The summed E-state index contributed by atoms with van der Waals surface area (Å²) in [6.07, 6.45) is 0. The Labute approximate surface area is 206 Å². The van der Waals surface area contributed by atoms with Gasteiger partial charge in [-0.2, -0.15) is 0 Å². The molecule has 1 aliphatic carbocycles. The van der Waals surface area contributed by atoms with E-state index in [4.69, 9.17) is 4.74 Å². The summed E-state index contributed by atoms with van der Waals surface area (Å²) in [4.78, 5) is 51.9. The number of benzene rings is 2. The van der Waals surface area contributed by atoms with Gasteiger partial charge < -0.3 is 9.84 Å². The number of aliphatic hydroxyl groups is 1. The van der Waals surface area contributed by atoms with Gasteiger partial charge in [-0.05, 0) is 70.0 Å². The Kier molecular flexibility index (Phi) is 5.84. The maximum absolute atomic E-state index is 13.2. The minimum absolute atomic E-state index is 0.173. The van der Waals surface area contributed by atoms with E-state index in [9.17, 15) is 24.3 Å². The summed E-state index contributed by atoms with van der Waals surface area (Å²) in [5, 5.41) is 11.3. The van der Waals surface area contributed by atoms with Gasteiger partial charge in [0.15, 0.2) is 17.3 Å². The number of carbonyl (C=O) groups is 3. The average molecular weight is 494 g/mol. The number of ether oxygens (including phenoxy) is 1. The van der Waals surface area contributed by atoms with Crippen LogP contribution in [0.3, 0.4) is 0 Å². The molecular formula is C27H27NO6S. The molecule has 0 atom stereocenters. The van der Waals surface area contributed by atoms with Crippen LogP contribution in [-0.4, -0.2) is 34.1 Å². The van der Waals surface area contributed by atoms with Gasteiger partial charge in [0, 0.05) is 5.56 Å². The van der Waals surface area contributed by atoms with Crippen LogP contribution in [0.15, 0.2) is 46.8 Å². The highest BCUT2D eigenvalue weighted by molar-refractivity contribution is 7.16. The highest BCUT2D eigenvalue weighted by Crippen LogP contribution is 2.43. The molecule has 3 aromatic rings. The van der Waals surface area contributed by atoms with Gasteiger partial charge in [-0.3, -0.25) is 23.7 Å². The van der Waals surface area contributed by atoms with Crippen molar-refractivity contribution < 1.29 is 24.2 Å². The Hall–Kier alpha value is -3.52. The number of hydrogen-bond acceptors (Lipinski definition) is 7. The minimum Gasteiger partial charge on any atom is -0.506 e. The highest BCUT2D eigenvalue weighted by atomic mass is 32.1. The van der Waals surface area contributed by atoms with E-state index in [1.165, 1.54) is 27.7 Å². The van der Waals surface area contributed by atoms with Crippen LogP contribution >= 0.6 is 11.3 Å². The van der Waals surface area contributed by atoms with Crippen LogP contribution in [0.25, 0.3) is 16.0 Å². The van der Waals surface area contributed by atoms with Gasteiger partial charge in [-0.1, -0.05) is 23.5 Å². The van der Waals surface area contributed by atoms with Crippen LogP contribution in [0, 0.1) is 17.8 Å². The smallest absolute Gasteiger partial charge is 0.308 e. The molecule has 0 amide bonds. The van der Waals surface area contributed by atoms with Crippen LogP contribution in [0.4, 0.5) is 0 Å². The zero-order chi connectivity index (χ0) is 25.9. The minimum atomic E-state index is -1.45. The second kappa shape index (κ2) is 8.30. The van der Waals surface area contributed by atoms with E-state index in [1.807, 2.05) is 24.3 Å². The van der Waals surface area contributed by atoms with Crippen molar-refractivity contribution in [2.75, 3.05) is 7.11 Å².